The van der Waals surface area contributed by atoms with Gasteiger partial charge in [-0.3, -0.25) is 4.79 Å². The van der Waals surface area contributed by atoms with E-state index >= 15 is 0 Å². The molecule has 0 unspecified atom stereocenters. The van der Waals surface area contributed by atoms with E-state index in [1.165, 1.54) is 12.3 Å². The number of hydrogen-bond acceptors (Lipinski definition) is 4. The fourth-order valence-corrected chi connectivity index (χ4v) is 1.15. The minimum absolute atomic E-state index is 0.162. The lowest BCUT2D eigenvalue weighted by molar-refractivity contribution is 0.0632. The van der Waals surface area contributed by atoms with Gasteiger partial charge in [-0.05, 0) is 18.6 Å². The van der Waals surface area contributed by atoms with Crippen molar-refractivity contribution in [3.05, 3.63) is 24.2 Å². The van der Waals surface area contributed by atoms with Crippen LogP contribution in [0.15, 0.2) is 22.8 Å². The molecule has 1 aromatic rings. The summed E-state index contributed by atoms with van der Waals surface area (Å²) >= 11 is 0. The van der Waals surface area contributed by atoms with Crippen molar-refractivity contribution in [3.63, 3.8) is 0 Å². The van der Waals surface area contributed by atoms with Gasteiger partial charge in [0.1, 0.15) is 0 Å². The van der Waals surface area contributed by atoms with Crippen molar-refractivity contribution in [1.82, 2.24) is 5.32 Å². The van der Waals surface area contributed by atoms with Gasteiger partial charge in [0.15, 0.2) is 5.76 Å². The highest BCUT2D eigenvalue weighted by Gasteiger charge is 2.29. The maximum absolute atomic E-state index is 11.6. The van der Waals surface area contributed by atoms with Crippen molar-refractivity contribution in [1.29, 1.82) is 0 Å². The lowest BCUT2D eigenvalue weighted by atomic mass is 9.98. The molecule has 15 heavy (non-hydrogen) atoms. The summed E-state index contributed by atoms with van der Waals surface area (Å²) in [6.07, 6.45) is 1.83. The lowest BCUT2D eigenvalue weighted by Gasteiger charge is -2.29. The number of carbonyl (C=O) groups excluding carboxylic acids is 1. The van der Waals surface area contributed by atoms with Crippen molar-refractivity contribution in [2.24, 2.45) is 0 Å². The van der Waals surface area contributed by atoms with Crippen LogP contribution in [0.25, 0.3) is 0 Å². The number of furan rings is 1. The summed E-state index contributed by atoms with van der Waals surface area (Å²) < 4.78 is 4.90. The molecule has 0 radical (unpaired) electrons. The summed E-state index contributed by atoms with van der Waals surface area (Å²) in [5.41, 5.74) is -0.982. The quantitative estimate of drug-likeness (QED) is 0.650. The Hall–Kier alpha value is -1.33. The third kappa shape index (κ3) is 2.57. The molecular formula is C10H15NO4. The first-order chi connectivity index (χ1) is 7.17. The van der Waals surface area contributed by atoms with Crippen molar-refractivity contribution in [2.75, 3.05) is 13.2 Å². The van der Waals surface area contributed by atoms with Crippen LogP contribution >= 0.6 is 0 Å². The van der Waals surface area contributed by atoms with E-state index in [-0.39, 0.29) is 19.0 Å². The van der Waals surface area contributed by atoms with Gasteiger partial charge in [0, 0.05) is 0 Å². The first kappa shape index (κ1) is 11.7. The molecule has 3 N–H and O–H groups in total. The third-order valence-electron chi connectivity index (χ3n) is 2.41. The van der Waals surface area contributed by atoms with Crippen LogP contribution in [0, 0.1) is 0 Å². The molecule has 0 saturated heterocycles. The predicted octanol–water partition coefficient (Wildman–Crippen LogP) is 0.143. The van der Waals surface area contributed by atoms with E-state index < -0.39 is 11.4 Å². The van der Waals surface area contributed by atoms with Gasteiger partial charge < -0.3 is 19.9 Å². The Balaban J connectivity index is 2.71. The van der Waals surface area contributed by atoms with Gasteiger partial charge in [-0.25, -0.2) is 0 Å². The smallest absolute Gasteiger partial charge is 0.287 e. The number of carbonyl (C=O) groups is 1. The Morgan fingerprint density at radius 2 is 2.20 bits per heavy atom. The van der Waals surface area contributed by atoms with Crippen molar-refractivity contribution >= 4 is 5.91 Å². The molecule has 1 amide bonds. The molecule has 0 aliphatic heterocycles. The molecule has 0 fully saturated rings. The van der Waals surface area contributed by atoms with E-state index in [4.69, 9.17) is 14.6 Å². The van der Waals surface area contributed by atoms with Gasteiger partial charge in [0.05, 0.1) is 25.0 Å². The normalized spacial score (nSPS) is 11.4. The van der Waals surface area contributed by atoms with Crippen LogP contribution < -0.4 is 5.32 Å². The second-order valence-corrected chi connectivity index (χ2v) is 3.38. The molecule has 84 valence electrons. The lowest BCUT2D eigenvalue weighted by Crippen LogP contribution is -2.53. The van der Waals surface area contributed by atoms with Crippen molar-refractivity contribution in [3.8, 4) is 0 Å². The number of aliphatic hydroxyl groups is 2. The van der Waals surface area contributed by atoms with E-state index in [0.717, 1.165) is 0 Å². The second kappa shape index (κ2) is 4.95. The molecule has 5 heteroatoms. The van der Waals surface area contributed by atoms with Crippen LogP contribution in [0.4, 0.5) is 0 Å². The number of aliphatic hydroxyl groups excluding tert-OH is 2. The van der Waals surface area contributed by atoms with Gasteiger partial charge in [0.2, 0.25) is 0 Å². The molecule has 1 aromatic heterocycles. The van der Waals surface area contributed by atoms with Gasteiger partial charge in [-0.1, -0.05) is 6.92 Å². The number of hydrogen-bond donors (Lipinski definition) is 3. The zero-order chi connectivity index (χ0) is 11.3. The Morgan fingerprint density at radius 3 is 2.60 bits per heavy atom. The fraction of sp³-hybridized carbons (Fsp3) is 0.500. The molecule has 0 aromatic carbocycles. The summed E-state index contributed by atoms with van der Waals surface area (Å²) in [5.74, 6) is -0.278. The third-order valence-corrected chi connectivity index (χ3v) is 2.41. The Morgan fingerprint density at radius 1 is 1.53 bits per heavy atom. The highest BCUT2D eigenvalue weighted by atomic mass is 16.3. The average molecular weight is 213 g/mol. The summed E-state index contributed by atoms with van der Waals surface area (Å²) in [6.45, 7) is 1.15. The standard InChI is InChI=1S/C10H15NO4/c1-2-10(6-12,7-13)11-9(14)8-4-3-5-15-8/h3-5,12-13H,2,6-7H2,1H3,(H,11,14). The molecule has 0 saturated carbocycles. The highest BCUT2D eigenvalue weighted by molar-refractivity contribution is 5.91. The molecular weight excluding hydrogens is 198 g/mol. The Kier molecular flexibility index (Phi) is 3.88. The topological polar surface area (TPSA) is 82.7 Å². The number of rotatable bonds is 5. The molecule has 0 aliphatic rings. The van der Waals surface area contributed by atoms with Crippen LogP contribution in [0.2, 0.25) is 0 Å². The summed E-state index contributed by atoms with van der Waals surface area (Å²) in [5, 5.41) is 20.8. The maximum Gasteiger partial charge on any atom is 0.287 e. The summed E-state index contributed by atoms with van der Waals surface area (Å²) in [6, 6.07) is 3.12. The molecule has 0 spiro atoms. The SMILES string of the molecule is CCC(CO)(CO)NC(=O)c1ccco1. The molecule has 5 nitrogen and oxygen atoms in total. The van der Waals surface area contributed by atoms with E-state index in [2.05, 4.69) is 5.32 Å². The molecule has 1 heterocycles. The van der Waals surface area contributed by atoms with Crippen LogP contribution in [-0.2, 0) is 0 Å². The fourth-order valence-electron chi connectivity index (χ4n) is 1.15. The first-order valence-electron chi connectivity index (χ1n) is 4.75. The predicted molar refractivity (Wildman–Crippen MR) is 53.4 cm³/mol. The summed E-state index contributed by atoms with van der Waals surface area (Å²) in [7, 11) is 0. The van der Waals surface area contributed by atoms with Crippen LogP contribution in [0.3, 0.4) is 0 Å². The maximum atomic E-state index is 11.6. The van der Waals surface area contributed by atoms with Gasteiger partial charge in [-0.15, -0.1) is 0 Å². The minimum atomic E-state index is -0.982. The summed E-state index contributed by atoms with van der Waals surface area (Å²) in [4.78, 5) is 11.6. The molecule has 0 atom stereocenters. The van der Waals surface area contributed by atoms with Crippen LogP contribution in [0.1, 0.15) is 23.9 Å². The number of amides is 1. The van der Waals surface area contributed by atoms with Gasteiger partial charge in [0.25, 0.3) is 5.91 Å². The zero-order valence-corrected chi connectivity index (χ0v) is 8.56. The Bertz CT molecular complexity index is 295. The van der Waals surface area contributed by atoms with Crippen molar-refractivity contribution < 1.29 is 19.4 Å². The molecule has 1 rings (SSSR count). The van der Waals surface area contributed by atoms with Gasteiger partial charge in [-0.2, -0.15) is 0 Å². The first-order valence-corrected chi connectivity index (χ1v) is 4.75. The van der Waals surface area contributed by atoms with Crippen molar-refractivity contribution in [2.45, 2.75) is 18.9 Å². The van der Waals surface area contributed by atoms with Gasteiger partial charge >= 0.3 is 0 Å². The second-order valence-electron chi connectivity index (χ2n) is 3.38. The minimum Gasteiger partial charge on any atom is -0.459 e. The monoisotopic (exact) mass is 213 g/mol. The molecule has 0 aliphatic carbocycles. The van der Waals surface area contributed by atoms with E-state index in [0.29, 0.717) is 6.42 Å². The Labute approximate surface area is 87.7 Å². The zero-order valence-electron chi connectivity index (χ0n) is 8.56. The molecule has 0 bridgehead atoms. The number of nitrogens with one attached hydrogen (secondary N) is 1. The van der Waals surface area contributed by atoms with E-state index in [1.807, 2.05) is 0 Å². The highest BCUT2D eigenvalue weighted by Crippen LogP contribution is 2.10. The van der Waals surface area contributed by atoms with Crippen LogP contribution in [0.5, 0.6) is 0 Å². The van der Waals surface area contributed by atoms with E-state index in [9.17, 15) is 4.79 Å². The largest absolute Gasteiger partial charge is 0.459 e. The van der Waals surface area contributed by atoms with E-state index in [1.54, 1.807) is 13.0 Å². The van der Waals surface area contributed by atoms with Crippen LogP contribution in [-0.4, -0.2) is 34.9 Å². The average Bonchev–Trinajstić information content (AvgIpc) is 2.79.